The molecule has 0 saturated carbocycles. The van der Waals surface area contributed by atoms with E-state index in [2.05, 4.69) is 5.32 Å². The quantitative estimate of drug-likeness (QED) is 0.787. The number of nitrogens with one attached hydrogen (secondary N) is 1. The lowest BCUT2D eigenvalue weighted by Crippen LogP contribution is -2.36. The van der Waals surface area contributed by atoms with E-state index in [0.717, 1.165) is 27.9 Å². The summed E-state index contributed by atoms with van der Waals surface area (Å²) in [6, 6.07) is 11.2. The van der Waals surface area contributed by atoms with E-state index in [4.69, 9.17) is 5.73 Å². The minimum absolute atomic E-state index is 0. The van der Waals surface area contributed by atoms with E-state index in [9.17, 15) is 9.59 Å². The Morgan fingerprint density at radius 1 is 1.04 bits per heavy atom. The van der Waals surface area contributed by atoms with Gasteiger partial charge in [0.05, 0.1) is 13.0 Å². The topological polar surface area (TPSA) is 75.4 Å². The number of benzene rings is 2. The predicted octanol–water partition coefficient (Wildman–Crippen LogP) is 3.26. The molecule has 0 aliphatic carbocycles. The second-order valence-electron chi connectivity index (χ2n) is 6.49. The van der Waals surface area contributed by atoms with Gasteiger partial charge in [-0.2, -0.15) is 0 Å². The lowest BCUT2D eigenvalue weighted by atomic mass is 10.1. The molecule has 2 aromatic rings. The molecule has 0 aliphatic heterocycles. The van der Waals surface area contributed by atoms with E-state index in [1.54, 1.807) is 19.2 Å². The van der Waals surface area contributed by atoms with E-state index in [1.807, 2.05) is 45.0 Å². The number of rotatable bonds is 5. The van der Waals surface area contributed by atoms with Gasteiger partial charge in [0, 0.05) is 18.4 Å². The molecule has 0 heterocycles. The number of hydrogen-bond donors (Lipinski definition) is 2. The molecular formula is C20H26ClN3O2. The zero-order valence-corrected chi connectivity index (χ0v) is 16.4. The Morgan fingerprint density at radius 2 is 1.58 bits per heavy atom. The van der Waals surface area contributed by atoms with Crippen LogP contribution in [-0.4, -0.2) is 30.3 Å². The van der Waals surface area contributed by atoms with Gasteiger partial charge in [0.15, 0.2) is 0 Å². The number of likely N-dealkylation sites (N-methyl/N-ethyl adjacent to an activating group) is 1. The third kappa shape index (κ3) is 5.77. The van der Waals surface area contributed by atoms with Crippen molar-refractivity contribution in [1.82, 2.24) is 4.90 Å². The van der Waals surface area contributed by atoms with Crippen LogP contribution in [0.1, 0.15) is 22.3 Å². The first kappa shape index (κ1) is 21.5. The van der Waals surface area contributed by atoms with Crippen LogP contribution in [0, 0.1) is 20.8 Å². The van der Waals surface area contributed by atoms with Crippen LogP contribution in [0.4, 0.5) is 11.4 Å². The van der Waals surface area contributed by atoms with Crippen LogP contribution in [-0.2, 0) is 16.0 Å². The molecule has 0 aromatic heterocycles. The highest BCUT2D eigenvalue weighted by Gasteiger charge is 2.15. The highest BCUT2D eigenvalue weighted by Crippen LogP contribution is 2.21. The summed E-state index contributed by atoms with van der Waals surface area (Å²) < 4.78 is 0. The second-order valence-corrected chi connectivity index (χ2v) is 6.49. The van der Waals surface area contributed by atoms with E-state index in [-0.39, 0.29) is 37.2 Å². The number of aryl methyl sites for hydroxylation is 3. The van der Waals surface area contributed by atoms with E-state index in [0.29, 0.717) is 5.69 Å². The average molecular weight is 376 g/mol. The zero-order chi connectivity index (χ0) is 18.6. The van der Waals surface area contributed by atoms with Crippen molar-refractivity contribution < 1.29 is 9.59 Å². The number of nitrogens with zero attached hydrogens (tertiary/aromatic N) is 1. The van der Waals surface area contributed by atoms with Crippen molar-refractivity contribution in [1.29, 1.82) is 0 Å². The number of anilines is 2. The second kappa shape index (κ2) is 9.25. The Kier molecular flexibility index (Phi) is 7.65. The number of carbonyl (C=O) groups excluding carboxylic acids is 2. The third-order valence-electron chi connectivity index (χ3n) is 4.08. The van der Waals surface area contributed by atoms with Crippen LogP contribution in [0.3, 0.4) is 0 Å². The molecule has 0 atom stereocenters. The molecular weight excluding hydrogens is 350 g/mol. The molecule has 2 aromatic carbocycles. The van der Waals surface area contributed by atoms with Gasteiger partial charge in [-0.1, -0.05) is 29.8 Å². The third-order valence-corrected chi connectivity index (χ3v) is 4.08. The summed E-state index contributed by atoms with van der Waals surface area (Å²) in [6.45, 7) is 5.97. The molecule has 26 heavy (non-hydrogen) atoms. The maximum atomic E-state index is 12.3. The van der Waals surface area contributed by atoms with Gasteiger partial charge in [0.25, 0.3) is 0 Å². The molecule has 0 saturated heterocycles. The molecule has 0 aliphatic rings. The zero-order valence-electron chi connectivity index (χ0n) is 15.6. The molecule has 0 radical (unpaired) electrons. The van der Waals surface area contributed by atoms with E-state index >= 15 is 0 Å². The largest absolute Gasteiger partial charge is 0.399 e. The summed E-state index contributed by atoms with van der Waals surface area (Å²) in [5.41, 5.74) is 11.2. The summed E-state index contributed by atoms with van der Waals surface area (Å²) in [5.74, 6) is -0.319. The van der Waals surface area contributed by atoms with Crippen LogP contribution in [0.2, 0.25) is 0 Å². The van der Waals surface area contributed by atoms with E-state index in [1.165, 1.54) is 4.90 Å². The van der Waals surface area contributed by atoms with Crippen molar-refractivity contribution >= 4 is 35.6 Å². The molecule has 0 spiro atoms. The van der Waals surface area contributed by atoms with Gasteiger partial charge in [-0.15, -0.1) is 12.4 Å². The molecule has 3 N–H and O–H groups in total. The molecule has 6 heteroatoms. The van der Waals surface area contributed by atoms with Crippen molar-refractivity contribution in [2.75, 3.05) is 24.6 Å². The van der Waals surface area contributed by atoms with Crippen molar-refractivity contribution in [2.24, 2.45) is 0 Å². The highest BCUT2D eigenvalue weighted by molar-refractivity contribution is 5.96. The monoisotopic (exact) mass is 375 g/mol. The van der Waals surface area contributed by atoms with Crippen LogP contribution >= 0.6 is 12.4 Å². The lowest BCUT2D eigenvalue weighted by molar-refractivity contribution is -0.132. The SMILES string of the molecule is Cc1cc(C)c(NC(=O)CN(C)C(=O)Cc2ccc(N)cc2)c(C)c1.Cl. The fourth-order valence-electron chi connectivity index (χ4n) is 2.80. The van der Waals surface area contributed by atoms with Crippen molar-refractivity contribution in [3.63, 3.8) is 0 Å². The fraction of sp³-hybridized carbons (Fsp3) is 0.300. The van der Waals surface area contributed by atoms with Gasteiger partial charge < -0.3 is 16.0 Å². The van der Waals surface area contributed by atoms with Gasteiger partial charge in [0.1, 0.15) is 0 Å². The average Bonchev–Trinajstić information content (AvgIpc) is 2.53. The van der Waals surface area contributed by atoms with Gasteiger partial charge in [-0.25, -0.2) is 0 Å². The van der Waals surface area contributed by atoms with Crippen LogP contribution in [0.25, 0.3) is 0 Å². The van der Waals surface area contributed by atoms with Crippen LogP contribution in [0.15, 0.2) is 36.4 Å². The minimum atomic E-state index is -0.205. The normalized spacial score (nSPS) is 10.0. The summed E-state index contributed by atoms with van der Waals surface area (Å²) in [7, 11) is 1.63. The number of nitrogen functional groups attached to an aromatic ring is 1. The molecule has 140 valence electrons. The Morgan fingerprint density at radius 3 is 2.12 bits per heavy atom. The maximum absolute atomic E-state index is 12.3. The molecule has 5 nitrogen and oxygen atoms in total. The fourth-order valence-corrected chi connectivity index (χ4v) is 2.80. The van der Waals surface area contributed by atoms with E-state index < -0.39 is 0 Å². The Hall–Kier alpha value is -2.53. The number of amides is 2. The molecule has 0 fully saturated rings. The maximum Gasteiger partial charge on any atom is 0.243 e. The molecule has 0 unspecified atom stereocenters. The smallest absolute Gasteiger partial charge is 0.243 e. The number of hydrogen-bond acceptors (Lipinski definition) is 3. The number of nitrogens with two attached hydrogens (primary N) is 1. The standard InChI is InChI=1S/C20H25N3O2.ClH/c1-13-9-14(2)20(15(3)10-13)22-18(24)12-23(4)19(25)11-16-5-7-17(21)8-6-16;/h5-10H,11-12,21H2,1-4H3,(H,22,24);1H. The first-order valence-electron chi connectivity index (χ1n) is 8.22. The summed E-state index contributed by atoms with van der Waals surface area (Å²) in [6.07, 6.45) is 0.243. The highest BCUT2D eigenvalue weighted by atomic mass is 35.5. The van der Waals surface area contributed by atoms with Gasteiger partial charge in [0.2, 0.25) is 11.8 Å². The van der Waals surface area contributed by atoms with Crippen molar-refractivity contribution in [2.45, 2.75) is 27.2 Å². The Balaban J connectivity index is 0.00000338. The first-order valence-corrected chi connectivity index (χ1v) is 8.22. The predicted molar refractivity (Wildman–Crippen MR) is 109 cm³/mol. The lowest BCUT2D eigenvalue weighted by Gasteiger charge is -2.18. The first-order chi connectivity index (χ1) is 11.8. The van der Waals surface area contributed by atoms with Gasteiger partial charge in [-0.05, 0) is 49.6 Å². The molecule has 2 rings (SSSR count). The Labute approximate surface area is 161 Å². The Bertz CT molecular complexity index is 765. The molecule has 0 bridgehead atoms. The van der Waals surface area contributed by atoms with Crippen LogP contribution in [0.5, 0.6) is 0 Å². The van der Waals surface area contributed by atoms with Gasteiger partial charge >= 0.3 is 0 Å². The van der Waals surface area contributed by atoms with Crippen molar-refractivity contribution in [3.8, 4) is 0 Å². The summed E-state index contributed by atoms with van der Waals surface area (Å²) >= 11 is 0. The minimum Gasteiger partial charge on any atom is -0.399 e. The van der Waals surface area contributed by atoms with Crippen molar-refractivity contribution in [3.05, 3.63) is 58.7 Å². The number of carbonyl (C=O) groups is 2. The van der Waals surface area contributed by atoms with Crippen LogP contribution < -0.4 is 11.1 Å². The number of halogens is 1. The molecule has 2 amide bonds. The summed E-state index contributed by atoms with van der Waals surface area (Å²) in [4.78, 5) is 26.0. The summed E-state index contributed by atoms with van der Waals surface area (Å²) in [5, 5.41) is 2.91. The van der Waals surface area contributed by atoms with Gasteiger partial charge in [-0.3, -0.25) is 9.59 Å².